The smallest absolute Gasteiger partial charge is 0.231 e. The van der Waals surface area contributed by atoms with Gasteiger partial charge in [-0.15, -0.1) is 11.6 Å². The lowest BCUT2D eigenvalue weighted by atomic mass is 9.92. The maximum atomic E-state index is 12.5. The van der Waals surface area contributed by atoms with Crippen molar-refractivity contribution in [1.82, 2.24) is 5.32 Å². The van der Waals surface area contributed by atoms with Gasteiger partial charge in [-0.3, -0.25) is 4.79 Å². The van der Waals surface area contributed by atoms with Gasteiger partial charge in [0.25, 0.3) is 0 Å². The van der Waals surface area contributed by atoms with E-state index in [2.05, 4.69) is 5.32 Å². The summed E-state index contributed by atoms with van der Waals surface area (Å²) in [6.45, 7) is 4.05. The molecule has 18 heavy (non-hydrogen) atoms. The fourth-order valence-electron chi connectivity index (χ4n) is 2.14. The first-order valence-electron chi connectivity index (χ1n) is 6.50. The first kappa shape index (κ1) is 13.4. The van der Waals surface area contributed by atoms with Gasteiger partial charge in [-0.05, 0) is 31.7 Å². The summed E-state index contributed by atoms with van der Waals surface area (Å²) >= 11 is 5.95. The van der Waals surface area contributed by atoms with Gasteiger partial charge in [-0.25, -0.2) is 0 Å². The second kappa shape index (κ2) is 4.93. The summed E-state index contributed by atoms with van der Waals surface area (Å²) in [5.41, 5.74) is 0.516. The Kier molecular flexibility index (Phi) is 3.67. The quantitative estimate of drug-likeness (QED) is 0.814. The van der Waals surface area contributed by atoms with Crippen LogP contribution in [0.1, 0.15) is 38.7 Å². The maximum absolute atomic E-state index is 12.5. The fourth-order valence-corrected chi connectivity index (χ4v) is 2.39. The van der Waals surface area contributed by atoms with Crippen LogP contribution in [0.2, 0.25) is 0 Å². The Morgan fingerprint density at radius 1 is 1.39 bits per heavy atom. The van der Waals surface area contributed by atoms with Gasteiger partial charge in [0.05, 0.1) is 11.0 Å². The predicted molar refractivity (Wildman–Crippen MR) is 74.9 cm³/mol. The monoisotopic (exact) mass is 265 g/mol. The van der Waals surface area contributed by atoms with E-state index in [1.54, 1.807) is 0 Å². The number of carbonyl (C=O) groups excluding carboxylic acids is 1. The average molecular weight is 266 g/mol. The Balaban J connectivity index is 2.15. The van der Waals surface area contributed by atoms with Crippen molar-refractivity contribution < 1.29 is 4.79 Å². The lowest BCUT2D eigenvalue weighted by Gasteiger charge is -2.29. The highest BCUT2D eigenvalue weighted by Crippen LogP contribution is 2.48. The van der Waals surface area contributed by atoms with Crippen molar-refractivity contribution in [3.8, 4) is 0 Å². The Labute approximate surface area is 114 Å². The van der Waals surface area contributed by atoms with Crippen LogP contribution in [-0.2, 0) is 10.2 Å². The molecule has 1 aromatic rings. The number of rotatable bonds is 5. The summed E-state index contributed by atoms with van der Waals surface area (Å²) in [5, 5.41) is 3.12. The number of benzene rings is 1. The summed E-state index contributed by atoms with van der Waals surface area (Å²) < 4.78 is 0. The zero-order valence-corrected chi connectivity index (χ0v) is 11.8. The minimum atomic E-state index is -0.303. The molecule has 1 N–H and O–H groups in total. The predicted octanol–water partition coefficient (Wildman–Crippen LogP) is 3.24. The number of hydrogen-bond donors (Lipinski definition) is 1. The molecule has 0 bridgehead atoms. The van der Waals surface area contributed by atoms with E-state index >= 15 is 0 Å². The molecule has 1 aromatic carbocycles. The number of halogens is 1. The third kappa shape index (κ3) is 2.39. The molecular formula is C15H20ClNO. The summed E-state index contributed by atoms with van der Waals surface area (Å²) in [7, 11) is 0. The molecule has 0 radical (unpaired) electrons. The van der Waals surface area contributed by atoms with Gasteiger partial charge in [0.2, 0.25) is 5.91 Å². The highest BCUT2D eigenvalue weighted by molar-refractivity contribution is 6.18. The van der Waals surface area contributed by atoms with Gasteiger partial charge in [-0.1, -0.05) is 37.3 Å². The minimum absolute atomic E-state index is 0.124. The molecule has 0 aromatic heterocycles. The molecule has 0 aliphatic heterocycles. The van der Waals surface area contributed by atoms with Crippen LogP contribution in [0, 0.1) is 0 Å². The van der Waals surface area contributed by atoms with Gasteiger partial charge < -0.3 is 5.32 Å². The van der Waals surface area contributed by atoms with Crippen molar-refractivity contribution in [1.29, 1.82) is 0 Å². The third-order valence-electron chi connectivity index (χ3n) is 4.00. The summed E-state index contributed by atoms with van der Waals surface area (Å²) in [6.07, 6.45) is 2.71. The van der Waals surface area contributed by atoms with Crippen molar-refractivity contribution in [3.63, 3.8) is 0 Å². The van der Waals surface area contributed by atoms with Crippen LogP contribution in [0.5, 0.6) is 0 Å². The van der Waals surface area contributed by atoms with E-state index in [4.69, 9.17) is 11.6 Å². The Hall–Kier alpha value is -1.02. The molecule has 1 saturated carbocycles. The number of amides is 1. The summed E-state index contributed by atoms with van der Waals surface area (Å²) in [4.78, 5) is 12.5. The van der Waals surface area contributed by atoms with Gasteiger partial charge >= 0.3 is 0 Å². The first-order chi connectivity index (χ1) is 8.56. The first-order valence-corrected chi connectivity index (χ1v) is 7.04. The fraction of sp³-hybridized carbons (Fsp3) is 0.533. The Bertz CT molecular complexity index is 421. The molecule has 2 nitrogen and oxygen atoms in total. The molecule has 98 valence electrons. The lowest BCUT2D eigenvalue weighted by Crippen LogP contribution is -2.50. The second-order valence-electron chi connectivity index (χ2n) is 5.45. The summed E-state index contributed by atoms with van der Waals surface area (Å²) in [5.74, 6) is 0.568. The third-order valence-corrected chi connectivity index (χ3v) is 4.59. The van der Waals surface area contributed by atoms with Crippen molar-refractivity contribution in [2.75, 3.05) is 5.88 Å². The van der Waals surface area contributed by atoms with Gasteiger partial charge in [0, 0.05) is 5.88 Å². The van der Waals surface area contributed by atoms with E-state index in [0.717, 1.165) is 24.8 Å². The number of nitrogens with one attached hydrogen (secondary N) is 1. The van der Waals surface area contributed by atoms with Gasteiger partial charge in [0.15, 0.2) is 0 Å². The van der Waals surface area contributed by atoms with Gasteiger partial charge in [0.1, 0.15) is 0 Å². The Morgan fingerprint density at radius 3 is 2.44 bits per heavy atom. The van der Waals surface area contributed by atoms with Crippen LogP contribution in [0.4, 0.5) is 0 Å². The molecule has 1 amide bonds. The molecule has 1 atom stereocenters. The topological polar surface area (TPSA) is 29.1 Å². The average Bonchev–Trinajstić information content (AvgIpc) is 3.21. The number of carbonyl (C=O) groups is 1. The normalized spacial score (nSPS) is 19.9. The molecule has 3 heteroatoms. The van der Waals surface area contributed by atoms with E-state index in [0.29, 0.717) is 5.88 Å². The van der Waals surface area contributed by atoms with E-state index < -0.39 is 0 Å². The van der Waals surface area contributed by atoms with Crippen LogP contribution in [0.15, 0.2) is 30.3 Å². The highest BCUT2D eigenvalue weighted by atomic mass is 35.5. The molecule has 1 unspecified atom stereocenters. The van der Waals surface area contributed by atoms with E-state index in [9.17, 15) is 4.79 Å². The SMILES string of the molecule is CCC(C)(CCl)NC(=O)C1(c2ccccc2)CC1. The van der Waals surface area contributed by atoms with Crippen molar-refractivity contribution in [3.05, 3.63) is 35.9 Å². The highest BCUT2D eigenvalue weighted by Gasteiger charge is 2.52. The zero-order chi connectivity index (χ0) is 13.2. The van der Waals surface area contributed by atoms with Crippen molar-refractivity contribution in [2.24, 2.45) is 0 Å². The summed E-state index contributed by atoms with van der Waals surface area (Å²) in [6, 6.07) is 10.0. The van der Waals surface area contributed by atoms with Crippen LogP contribution in [0.25, 0.3) is 0 Å². The van der Waals surface area contributed by atoms with E-state index in [-0.39, 0.29) is 16.9 Å². The molecule has 1 aliphatic rings. The molecule has 0 spiro atoms. The molecule has 1 aliphatic carbocycles. The molecular weight excluding hydrogens is 246 g/mol. The van der Waals surface area contributed by atoms with Crippen molar-refractivity contribution >= 4 is 17.5 Å². The lowest BCUT2D eigenvalue weighted by molar-refractivity contribution is -0.125. The van der Waals surface area contributed by atoms with Crippen LogP contribution >= 0.6 is 11.6 Å². The molecule has 0 saturated heterocycles. The second-order valence-corrected chi connectivity index (χ2v) is 5.72. The number of hydrogen-bond acceptors (Lipinski definition) is 1. The van der Waals surface area contributed by atoms with Crippen LogP contribution < -0.4 is 5.32 Å². The molecule has 1 fully saturated rings. The van der Waals surface area contributed by atoms with Crippen LogP contribution in [-0.4, -0.2) is 17.3 Å². The largest absolute Gasteiger partial charge is 0.349 e. The molecule has 2 rings (SSSR count). The van der Waals surface area contributed by atoms with E-state index in [1.165, 1.54) is 0 Å². The maximum Gasteiger partial charge on any atom is 0.231 e. The zero-order valence-electron chi connectivity index (χ0n) is 11.0. The number of alkyl halides is 1. The van der Waals surface area contributed by atoms with Crippen LogP contribution in [0.3, 0.4) is 0 Å². The minimum Gasteiger partial charge on any atom is -0.349 e. The van der Waals surface area contributed by atoms with Crippen molar-refractivity contribution in [2.45, 2.75) is 44.1 Å². The molecule has 0 heterocycles. The van der Waals surface area contributed by atoms with E-state index in [1.807, 2.05) is 44.2 Å². The standard InChI is InChI=1S/C15H20ClNO/c1-3-14(2,11-16)17-13(18)15(9-10-15)12-7-5-4-6-8-12/h4-8H,3,9-11H2,1-2H3,(H,17,18). The van der Waals surface area contributed by atoms with Gasteiger partial charge in [-0.2, -0.15) is 0 Å². The Morgan fingerprint density at radius 2 is 2.00 bits per heavy atom.